The number of nitrogens with one attached hydrogen (secondary N) is 1. The van der Waals surface area contributed by atoms with E-state index in [1.165, 1.54) is 18.6 Å². The van der Waals surface area contributed by atoms with Crippen LogP contribution in [0.25, 0.3) is 21.9 Å². The third-order valence-electron chi connectivity index (χ3n) is 8.92. The van der Waals surface area contributed by atoms with Crippen molar-refractivity contribution in [1.82, 2.24) is 24.6 Å². The number of nitrogen functional groups attached to an aromatic ring is 1. The number of nitrogens with two attached hydrogens (primary N) is 1. The maximum absolute atomic E-state index is 15.0. The molecule has 0 saturated carbocycles. The number of aliphatic hydroxyl groups is 2. The molecular formula is C37H36IN6O9P. The number of aromatic nitrogens is 4. The first-order valence-corrected chi connectivity index (χ1v) is 19.4. The van der Waals surface area contributed by atoms with Crippen molar-refractivity contribution >= 4 is 64.2 Å². The zero-order chi connectivity index (χ0) is 38.0. The lowest BCUT2D eigenvalue weighted by molar-refractivity contribution is -0.147. The Balaban J connectivity index is 1.21. The molecule has 0 amide bonds. The maximum atomic E-state index is 15.0. The monoisotopic (exact) mass is 866 g/mol. The van der Waals surface area contributed by atoms with Gasteiger partial charge in [-0.2, -0.15) is 15.1 Å². The number of anilines is 1. The lowest BCUT2D eigenvalue weighted by Crippen LogP contribution is -2.44. The van der Waals surface area contributed by atoms with Gasteiger partial charge >= 0.3 is 13.7 Å². The number of imidazole rings is 1. The third-order valence-corrected chi connectivity index (χ3v) is 11.2. The predicted molar refractivity (Wildman–Crippen MR) is 206 cm³/mol. The molecule has 0 bridgehead atoms. The van der Waals surface area contributed by atoms with E-state index < -0.39 is 50.4 Å². The molecular weight excluding hydrogens is 830 g/mol. The summed E-state index contributed by atoms with van der Waals surface area (Å²) in [6.07, 6.45) is -4.12. The number of carbonyl (C=O) groups is 1. The van der Waals surface area contributed by atoms with Gasteiger partial charge in [-0.1, -0.05) is 97.1 Å². The Bertz CT molecular complexity index is 2330. The first kappa shape index (κ1) is 37.6. The molecule has 6 aromatic rings. The number of esters is 1. The summed E-state index contributed by atoms with van der Waals surface area (Å²) in [5.41, 5.74) is 5.62. The minimum absolute atomic E-state index is 0.0389. The predicted octanol–water partition coefficient (Wildman–Crippen LogP) is 5.46. The van der Waals surface area contributed by atoms with Gasteiger partial charge in [0, 0.05) is 28.0 Å². The summed E-state index contributed by atoms with van der Waals surface area (Å²) in [4.78, 5) is 26.6. The lowest BCUT2D eigenvalue weighted by Gasteiger charge is -2.28. The molecule has 0 spiro atoms. The molecule has 15 nitrogen and oxygen atoms in total. The van der Waals surface area contributed by atoms with Gasteiger partial charge in [0.05, 0.1) is 13.7 Å². The first-order valence-electron chi connectivity index (χ1n) is 16.7. The van der Waals surface area contributed by atoms with Crippen molar-refractivity contribution in [2.45, 2.75) is 43.6 Å². The fourth-order valence-electron chi connectivity index (χ4n) is 6.19. The highest BCUT2D eigenvalue weighted by Crippen LogP contribution is 2.50. The standard InChI is InChI=1S/C37H36IN6O9P/c1-37(47)30(45)27(52-34(37)44-31-29(40-35(44)38)32(49-2)42-36(39)41-31)21-51-54(48,53-26-19-11-17-23-14-9-10-18-25(23)26)43-28(24-15-7-4-8-16-24)33(46)50-20-22-12-5-3-6-13-22/h3-19,27-28,30,34,45,47H,20-21H2,1-2H3,(H,43,48)(H2,39,41,42)/t27-,28-,30-,34-,37-,54?/m1/s1. The second kappa shape index (κ2) is 15.6. The van der Waals surface area contributed by atoms with Crippen molar-refractivity contribution in [1.29, 1.82) is 0 Å². The summed E-state index contributed by atoms with van der Waals surface area (Å²) < 4.78 is 46.3. The fraction of sp³-hybridized carbons (Fsp3) is 0.243. The van der Waals surface area contributed by atoms with E-state index in [9.17, 15) is 15.0 Å². The second-order valence-corrected chi connectivity index (χ2v) is 15.3. The Morgan fingerprint density at radius 1 is 1.02 bits per heavy atom. The molecule has 5 N–H and O–H groups in total. The van der Waals surface area contributed by atoms with E-state index in [1.807, 2.05) is 77.2 Å². The van der Waals surface area contributed by atoms with Crippen LogP contribution in [0.5, 0.6) is 11.6 Å². The maximum Gasteiger partial charge on any atom is 0.459 e. The van der Waals surface area contributed by atoms with E-state index in [2.05, 4.69) is 20.0 Å². The summed E-state index contributed by atoms with van der Waals surface area (Å²) in [7, 11) is -3.17. The third kappa shape index (κ3) is 7.63. The topological polar surface area (TPSA) is 202 Å². The number of aliphatic hydroxyl groups excluding tert-OH is 1. The highest BCUT2D eigenvalue weighted by molar-refractivity contribution is 14.1. The Morgan fingerprint density at radius 2 is 1.70 bits per heavy atom. The number of ether oxygens (including phenoxy) is 3. The highest BCUT2D eigenvalue weighted by Gasteiger charge is 2.55. The summed E-state index contributed by atoms with van der Waals surface area (Å²) >= 11 is 1.93. The number of methoxy groups -OCH3 is 1. The largest absolute Gasteiger partial charge is 0.479 e. The van der Waals surface area contributed by atoms with Crippen LogP contribution in [0.15, 0.2) is 103 Å². The van der Waals surface area contributed by atoms with Gasteiger partial charge < -0.3 is 34.7 Å². The summed E-state index contributed by atoms with van der Waals surface area (Å²) in [5.74, 6) is -0.534. The van der Waals surface area contributed by atoms with E-state index in [1.54, 1.807) is 48.5 Å². The van der Waals surface area contributed by atoms with Crippen molar-refractivity contribution in [2.24, 2.45) is 0 Å². The van der Waals surface area contributed by atoms with E-state index >= 15 is 4.57 Å². The smallest absolute Gasteiger partial charge is 0.459 e. The molecule has 0 radical (unpaired) electrons. The zero-order valence-electron chi connectivity index (χ0n) is 29.0. The van der Waals surface area contributed by atoms with Crippen LogP contribution < -0.4 is 20.1 Å². The van der Waals surface area contributed by atoms with Gasteiger partial charge in [0.1, 0.15) is 36.2 Å². The first-order chi connectivity index (χ1) is 26.0. The van der Waals surface area contributed by atoms with Gasteiger partial charge in [-0.3, -0.25) is 9.09 Å². The van der Waals surface area contributed by atoms with Crippen molar-refractivity contribution in [3.8, 4) is 11.6 Å². The van der Waals surface area contributed by atoms with Crippen LogP contribution in [0.4, 0.5) is 5.95 Å². The van der Waals surface area contributed by atoms with Crippen LogP contribution in [0.2, 0.25) is 0 Å². The Hall–Kier alpha value is -4.68. The van der Waals surface area contributed by atoms with E-state index in [0.717, 1.165) is 10.9 Å². The number of nitrogens with zero attached hydrogens (tertiary/aromatic N) is 4. The van der Waals surface area contributed by atoms with Gasteiger partial charge in [-0.15, -0.1) is 0 Å². The van der Waals surface area contributed by atoms with Gasteiger partial charge in [-0.25, -0.2) is 14.3 Å². The molecule has 1 fully saturated rings. The van der Waals surface area contributed by atoms with Crippen LogP contribution in [0.1, 0.15) is 30.3 Å². The Labute approximate surface area is 323 Å². The molecule has 3 heterocycles. The van der Waals surface area contributed by atoms with Crippen LogP contribution in [0, 0.1) is 3.83 Å². The van der Waals surface area contributed by atoms with Crippen molar-refractivity contribution in [3.05, 3.63) is 118 Å². The lowest BCUT2D eigenvalue weighted by atomic mass is 9.96. The molecule has 7 rings (SSSR count). The van der Waals surface area contributed by atoms with Crippen LogP contribution in [-0.4, -0.2) is 67.2 Å². The second-order valence-electron chi connectivity index (χ2n) is 12.6. The fourth-order valence-corrected chi connectivity index (χ4v) is 8.42. The average molecular weight is 867 g/mol. The summed E-state index contributed by atoms with van der Waals surface area (Å²) in [5, 5.41) is 27.4. The van der Waals surface area contributed by atoms with Gasteiger partial charge in [-0.05, 0) is 29.5 Å². The highest BCUT2D eigenvalue weighted by atomic mass is 127. The SMILES string of the molecule is COc1nc(N)nc2c1nc(I)n2[C@@H]1O[C@H](COP(=O)(N[C@@H](C(=O)OCc2ccccc2)c2ccccc2)Oc2cccc3ccccc23)[C@@H](O)[C@@]1(C)O. The van der Waals surface area contributed by atoms with Crippen molar-refractivity contribution in [3.63, 3.8) is 0 Å². The molecule has 1 saturated heterocycles. The molecule has 54 heavy (non-hydrogen) atoms. The molecule has 1 unspecified atom stereocenters. The Morgan fingerprint density at radius 3 is 2.44 bits per heavy atom. The van der Waals surface area contributed by atoms with Crippen LogP contribution in [0.3, 0.4) is 0 Å². The van der Waals surface area contributed by atoms with Gasteiger partial charge in [0.25, 0.3) is 0 Å². The molecule has 17 heteroatoms. The minimum Gasteiger partial charge on any atom is -0.479 e. The van der Waals surface area contributed by atoms with Gasteiger partial charge in [0.2, 0.25) is 11.8 Å². The van der Waals surface area contributed by atoms with Crippen LogP contribution in [-0.2, 0) is 30.0 Å². The number of carbonyl (C=O) groups excluding carboxylic acids is 1. The van der Waals surface area contributed by atoms with Crippen molar-refractivity contribution < 1.29 is 42.8 Å². The van der Waals surface area contributed by atoms with Crippen LogP contribution >= 0.6 is 30.3 Å². The zero-order valence-corrected chi connectivity index (χ0v) is 32.0. The minimum atomic E-state index is -4.58. The molecule has 2 aromatic heterocycles. The molecule has 4 aromatic carbocycles. The number of hydrogen-bond acceptors (Lipinski definition) is 13. The number of fused-ring (bicyclic) bond motifs is 2. The normalized spacial score (nSPS) is 21.5. The molecule has 0 aliphatic carbocycles. The quantitative estimate of drug-likeness (QED) is 0.0493. The number of halogens is 1. The summed E-state index contributed by atoms with van der Waals surface area (Å²) in [6.45, 7) is 0.778. The Kier molecular flexibility index (Phi) is 10.9. The molecule has 280 valence electrons. The molecule has 1 aliphatic heterocycles. The average Bonchev–Trinajstić information content (AvgIpc) is 3.62. The van der Waals surface area contributed by atoms with E-state index in [0.29, 0.717) is 14.8 Å². The molecule has 6 atom stereocenters. The van der Waals surface area contributed by atoms with E-state index in [-0.39, 0.29) is 35.3 Å². The van der Waals surface area contributed by atoms with Gasteiger partial charge in [0.15, 0.2) is 21.2 Å². The summed E-state index contributed by atoms with van der Waals surface area (Å²) in [6, 6.07) is 29.0. The number of hydrogen-bond donors (Lipinski definition) is 4. The van der Waals surface area contributed by atoms with E-state index in [4.69, 9.17) is 29.0 Å². The number of benzene rings is 4. The molecule has 1 aliphatic rings. The van der Waals surface area contributed by atoms with Crippen molar-refractivity contribution in [2.75, 3.05) is 19.5 Å². The number of rotatable bonds is 13.